The molecule has 3 N–H and O–H groups in total. The maximum absolute atomic E-state index is 11.2. The van der Waals surface area contributed by atoms with Crippen LogP contribution in [0, 0.1) is 5.41 Å². The van der Waals surface area contributed by atoms with Crippen molar-refractivity contribution in [3.05, 3.63) is 0 Å². The third kappa shape index (κ3) is 1.97. The monoisotopic (exact) mass is 215 g/mol. The molecule has 0 saturated heterocycles. The van der Waals surface area contributed by atoms with E-state index in [1.54, 1.807) is 0 Å². The smallest absolute Gasteiger partial charge is 0.322 e. The second-order valence-corrected chi connectivity index (χ2v) is 3.94. The molecule has 0 amide bonds. The summed E-state index contributed by atoms with van der Waals surface area (Å²) in [4.78, 5) is 22.4. The normalized spacial score (nSPS) is 24.7. The topological polar surface area (TPSA) is 86.6 Å². The third-order valence-electron chi connectivity index (χ3n) is 3.12. The molecule has 1 unspecified atom stereocenters. The molecule has 1 saturated carbocycles. The van der Waals surface area contributed by atoms with Crippen LogP contribution in [0.1, 0.15) is 32.6 Å². The van der Waals surface area contributed by atoms with E-state index < -0.39 is 23.4 Å². The Hall–Kier alpha value is -1.10. The average molecular weight is 215 g/mol. The molecular formula is C10H17NO4. The minimum Gasteiger partial charge on any atom is -0.480 e. The van der Waals surface area contributed by atoms with Gasteiger partial charge < -0.3 is 15.5 Å². The molecule has 5 heteroatoms. The molecule has 0 aromatic carbocycles. The van der Waals surface area contributed by atoms with Crippen molar-refractivity contribution in [1.82, 2.24) is 5.32 Å². The highest BCUT2D eigenvalue weighted by atomic mass is 16.4. The molecule has 1 aliphatic carbocycles. The number of nitrogens with one attached hydrogen (secondary N) is 1. The van der Waals surface area contributed by atoms with Crippen LogP contribution in [0.3, 0.4) is 0 Å². The largest absolute Gasteiger partial charge is 0.480 e. The zero-order valence-electron chi connectivity index (χ0n) is 8.82. The number of hydrogen-bond acceptors (Lipinski definition) is 3. The van der Waals surface area contributed by atoms with Gasteiger partial charge in [-0.05, 0) is 19.4 Å². The van der Waals surface area contributed by atoms with E-state index in [9.17, 15) is 9.59 Å². The van der Waals surface area contributed by atoms with Gasteiger partial charge in [0.2, 0.25) is 0 Å². The summed E-state index contributed by atoms with van der Waals surface area (Å²) >= 11 is 0. The molecule has 1 atom stereocenters. The fraction of sp³-hybridized carbons (Fsp3) is 0.800. The molecule has 0 spiro atoms. The van der Waals surface area contributed by atoms with Gasteiger partial charge in [0, 0.05) is 6.04 Å². The van der Waals surface area contributed by atoms with E-state index in [1.165, 1.54) is 0 Å². The van der Waals surface area contributed by atoms with Gasteiger partial charge >= 0.3 is 11.9 Å². The first-order valence-corrected chi connectivity index (χ1v) is 5.26. The molecule has 1 fully saturated rings. The van der Waals surface area contributed by atoms with Gasteiger partial charge in [-0.3, -0.25) is 9.59 Å². The minimum absolute atomic E-state index is 0.218. The van der Waals surface area contributed by atoms with Gasteiger partial charge in [-0.2, -0.15) is 0 Å². The standard InChI is InChI=1S/C10H17NO4/c1-2-11-7-5-3-4-6-10(7,8(12)13)9(14)15/h7,11H,2-6H2,1H3,(H,12,13)(H,14,15). The van der Waals surface area contributed by atoms with E-state index in [0.717, 1.165) is 6.42 Å². The van der Waals surface area contributed by atoms with Crippen molar-refractivity contribution in [2.75, 3.05) is 6.54 Å². The Balaban J connectivity index is 2.99. The predicted molar refractivity (Wildman–Crippen MR) is 53.6 cm³/mol. The summed E-state index contributed by atoms with van der Waals surface area (Å²) < 4.78 is 0. The van der Waals surface area contributed by atoms with E-state index in [4.69, 9.17) is 10.2 Å². The van der Waals surface area contributed by atoms with Crippen LogP contribution in [0.2, 0.25) is 0 Å². The lowest BCUT2D eigenvalue weighted by Gasteiger charge is -2.37. The fourth-order valence-corrected chi connectivity index (χ4v) is 2.30. The lowest BCUT2D eigenvalue weighted by atomic mass is 9.70. The number of hydrogen-bond donors (Lipinski definition) is 3. The first-order valence-electron chi connectivity index (χ1n) is 5.26. The summed E-state index contributed by atoms with van der Waals surface area (Å²) in [7, 11) is 0. The Kier molecular flexibility index (Phi) is 3.68. The van der Waals surface area contributed by atoms with Crippen LogP contribution in [0.4, 0.5) is 0 Å². The summed E-state index contributed by atoms with van der Waals surface area (Å²) in [5, 5.41) is 21.2. The molecule has 86 valence electrons. The summed E-state index contributed by atoms with van der Waals surface area (Å²) in [5.74, 6) is -2.44. The lowest BCUT2D eigenvalue weighted by molar-refractivity contribution is -0.169. The van der Waals surface area contributed by atoms with Crippen LogP contribution in [0.15, 0.2) is 0 Å². The first kappa shape index (κ1) is 12.0. The summed E-state index contributed by atoms with van der Waals surface area (Å²) in [6.45, 7) is 2.44. The van der Waals surface area contributed by atoms with Crippen LogP contribution in [0.25, 0.3) is 0 Å². The number of carboxylic acid groups (broad SMARTS) is 2. The van der Waals surface area contributed by atoms with Crippen molar-refractivity contribution in [2.24, 2.45) is 5.41 Å². The molecule has 0 radical (unpaired) electrons. The Morgan fingerprint density at radius 3 is 2.40 bits per heavy atom. The Labute approximate surface area is 88.5 Å². The van der Waals surface area contributed by atoms with E-state index >= 15 is 0 Å². The Bertz CT molecular complexity index is 248. The highest BCUT2D eigenvalue weighted by Crippen LogP contribution is 2.37. The molecule has 0 aromatic heterocycles. The Morgan fingerprint density at radius 1 is 1.33 bits per heavy atom. The zero-order valence-corrected chi connectivity index (χ0v) is 8.82. The highest BCUT2D eigenvalue weighted by molar-refractivity contribution is 5.99. The van der Waals surface area contributed by atoms with Crippen LogP contribution in [0.5, 0.6) is 0 Å². The van der Waals surface area contributed by atoms with Gasteiger partial charge in [0.15, 0.2) is 5.41 Å². The molecule has 1 rings (SSSR count). The van der Waals surface area contributed by atoms with Crippen LogP contribution in [-0.4, -0.2) is 34.7 Å². The molecule has 15 heavy (non-hydrogen) atoms. The van der Waals surface area contributed by atoms with Crippen molar-refractivity contribution in [3.63, 3.8) is 0 Å². The molecule has 5 nitrogen and oxygen atoms in total. The predicted octanol–water partition coefficient (Wildman–Crippen LogP) is 0.694. The van der Waals surface area contributed by atoms with Gasteiger partial charge in [-0.25, -0.2) is 0 Å². The van der Waals surface area contributed by atoms with Crippen LogP contribution < -0.4 is 5.32 Å². The first-order chi connectivity index (χ1) is 7.05. The van der Waals surface area contributed by atoms with Gasteiger partial charge in [0.05, 0.1) is 0 Å². The van der Waals surface area contributed by atoms with Crippen molar-refractivity contribution in [2.45, 2.75) is 38.6 Å². The molecule has 0 aliphatic heterocycles. The lowest BCUT2D eigenvalue weighted by Crippen LogP contribution is -2.56. The summed E-state index contributed by atoms with van der Waals surface area (Å²) in [6, 6.07) is -0.453. The Morgan fingerprint density at radius 2 is 1.93 bits per heavy atom. The highest BCUT2D eigenvalue weighted by Gasteiger charge is 2.53. The molecular weight excluding hydrogens is 198 g/mol. The fourth-order valence-electron chi connectivity index (χ4n) is 2.30. The minimum atomic E-state index is -1.63. The van der Waals surface area contributed by atoms with Gasteiger partial charge in [0.1, 0.15) is 0 Å². The third-order valence-corrected chi connectivity index (χ3v) is 3.12. The molecule has 0 aromatic rings. The summed E-state index contributed by atoms with van der Waals surface area (Å²) in [6.07, 6.45) is 2.39. The SMILES string of the molecule is CCNC1CCCCC1(C(=O)O)C(=O)O. The average Bonchev–Trinajstić information content (AvgIpc) is 2.18. The van der Waals surface area contributed by atoms with Crippen molar-refractivity contribution in [1.29, 1.82) is 0 Å². The number of carbonyl (C=O) groups is 2. The van der Waals surface area contributed by atoms with E-state index in [0.29, 0.717) is 19.4 Å². The molecule has 1 aliphatic rings. The maximum Gasteiger partial charge on any atom is 0.322 e. The van der Waals surface area contributed by atoms with E-state index in [-0.39, 0.29) is 6.42 Å². The molecule has 0 bridgehead atoms. The van der Waals surface area contributed by atoms with Crippen molar-refractivity contribution >= 4 is 11.9 Å². The quantitative estimate of drug-likeness (QED) is 0.601. The van der Waals surface area contributed by atoms with E-state index in [2.05, 4.69) is 5.32 Å². The second-order valence-electron chi connectivity index (χ2n) is 3.94. The maximum atomic E-state index is 11.2. The number of rotatable bonds is 4. The zero-order chi connectivity index (χ0) is 11.5. The second kappa shape index (κ2) is 4.61. The van der Waals surface area contributed by atoms with Gasteiger partial charge in [-0.1, -0.05) is 19.8 Å². The van der Waals surface area contributed by atoms with E-state index in [1.807, 2.05) is 6.92 Å². The van der Waals surface area contributed by atoms with Gasteiger partial charge in [0.25, 0.3) is 0 Å². The molecule has 0 heterocycles. The number of carboxylic acids is 2. The van der Waals surface area contributed by atoms with Gasteiger partial charge in [-0.15, -0.1) is 0 Å². The summed E-state index contributed by atoms with van der Waals surface area (Å²) in [5.41, 5.74) is -1.63. The van der Waals surface area contributed by atoms with Crippen LogP contribution >= 0.6 is 0 Å². The van der Waals surface area contributed by atoms with Crippen LogP contribution in [-0.2, 0) is 9.59 Å². The number of aliphatic carboxylic acids is 2. The van der Waals surface area contributed by atoms with Crippen molar-refractivity contribution < 1.29 is 19.8 Å². The van der Waals surface area contributed by atoms with Crippen molar-refractivity contribution in [3.8, 4) is 0 Å².